The number of hydrogen-bond acceptors (Lipinski definition) is 4. The van der Waals surface area contributed by atoms with Crippen molar-refractivity contribution in [1.29, 1.82) is 0 Å². The lowest BCUT2D eigenvalue weighted by Crippen LogP contribution is -2.23. The highest BCUT2D eigenvalue weighted by Crippen LogP contribution is 2.24. The number of hydrogen-bond donors (Lipinski definition) is 1. The normalized spacial score (nSPS) is 10.6. The second kappa shape index (κ2) is 9.64. The quantitative estimate of drug-likeness (QED) is 0.591. The summed E-state index contributed by atoms with van der Waals surface area (Å²) in [6, 6.07) is 15.6. The zero-order valence-electron chi connectivity index (χ0n) is 16.1. The van der Waals surface area contributed by atoms with Gasteiger partial charge in [0, 0.05) is 30.3 Å². The SMILES string of the molecule is CCOC(=O)CCC(=O)NCc1cn(-c2ccccc2)nc1-c1ccc(F)cc1. The molecule has 150 valence electrons. The monoisotopic (exact) mass is 395 g/mol. The Balaban J connectivity index is 1.77. The highest BCUT2D eigenvalue weighted by molar-refractivity contribution is 5.81. The van der Waals surface area contributed by atoms with Crippen LogP contribution in [-0.4, -0.2) is 28.3 Å². The fourth-order valence-electron chi connectivity index (χ4n) is 2.83. The molecule has 1 heterocycles. The van der Waals surface area contributed by atoms with Crippen LogP contribution in [0.2, 0.25) is 0 Å². The van der Waals surface area contributed by atoms with E-state index in [0.717, 1.165) is 16.8 Å². The first kappa shape index (κ1) is 20.3. The van der Waals surface area contributed by atoms with E-state index in [9.17, 15) is 14.0 Å². The van der Waals surface area contributed by atoms with Crippen molar-refractivity contribution in [1.82, 2.24) is 15.1 Å². The average molecular weight is 395 g/mol. The second-order valence-corrected chi connectivity index (χ2v) is 6.37. The van der Waals surface area contributed by atoms with Gasteiger partial charge in [0.15, 0.2) is 0 Å². The smallest absolute Gasteiger partial charge is 0.306 e. The number of rotatable bonds is 8. The average Bonchev–Trinajstić information content (AvgIpc) is 3.16. The van der Waals surface area contributed by atoms with E-state index in [4.69, 9.17) is 4.74 Å². The van der Waals surface area contributed by atoms with E-state index < -0.39 is 5.97 Å². The van der Waals surface area contributed by atoms with Gasteiger partial charge in [0.25, 0.3) is 0 Å². The van der Waals surface area contributed by atoms with Crippen LogP contribution in [-0.2, 0) is 20.9 Å². The Labute approximate surface area is 168 Å². The molecule has 7 heteroatoms. The molecule has 0 unspecified atom stereocenters. The van der Waals surface area contributed by atoms with Crippen molar-refractivity contribution in [2.75, 3.05) is 6.61 Å². The summed E-state index contributed by atoms with van der Waals surface area (Å²) >= 11 is 0. The summed E-state index contributed by atoms with van der Waals surface area (Å²) in [5.74, 6) is -0.979. The third-order valence-corrected chi connectivity index (χ3v) is 4.27. The van der Waals surface area contributed by atoms with Gasteiger partial charge in [-0.2, -0.15) is 5.10 Å². The molecule has 0 spiro atoms. The predicted octanol–water partition coefficient (Wildman–Crippen LogP) is 3.64. The fraction of sp³-hybridized carbons (Fsp3) is 0.227. The molecule has 0 saturated heterocycles. The van der Waals surface area contributed by atoms with Crippen molar-refractivity contribution in [2.45, 2.75) is 26.3 Å². The summed E-state index contributed by atoms with van der Waals surface area (Å²) in [5.41, 5.74) is 3.05. The maximum atomic E-state index is 13.3. The molecule has 6 nitrogen and oxygen atoms in total. The minimum Gasteiger partial charge on any atom is -0.466 e. The largest absolute Gasteiger partial charge is 0.466 e. The highest BCUT2D eigenvalue weighted by atomic mass is 19.1. The van der Waals surface area contributed by atoms with Gasteiger partial charge in [-0.25, -0.2) is 9.07 Å². The number of benzene rings is 2. The summed E-state index contributed by atoms with van der Waals surface area (Å²) in [6.45, 7) is 2.25. The van der Waals surface area contributed by atoms with Gasteiger partial charge in [-0.05, 0) is 43.3 Å². The molecular formula is C22H22FN3O3. The van der Waals surface area contributed by atoms with Gasteiger partial charge >= 0.3 is 5.97 Å². The summed E-state index contributed by atoms with van der Waals surface area (Å²) in [5, 5.41) is 7.43. The van der Waals surface area contributed by atoms with Crippen LogP contribution in [0.15, 0.2) is 60.8 Å². The Morgan fingerprint density at radius 2 is 1.79 bits per heavy atom. The molecule has 0 saturated carbocycles. The lowest BCUT2D eigenvalue weighted by molar-refractivity contribution is -0.144. The Bertz CT molecular complexity index is 969. The van der Waals surface area contributed by atoms with Gasteiger partial charge in [-0.3, -0.25) is 9.59 Å². The van der Waals surface area contributed by atoms with Gasteiger partial charge in [0.05, 0.1) is 24.4 Å². The van der Waals surface area contributed by atoms with Crippen molar-refractivity contribution in [3.8, 4) is 16.9 Å². The molecule has 3 aromatic rings. The number of halogens is 1. The molecule has 1 amide bonds. The Kier molecular flexibility index (Phi) is 6.73. The number of esters is 1. The van der Waals surface area contributed by atoms with Crippen molar-refractivity contribution in [2.24, 2.45) is 0 Å². The van der Waals surface area contributed by atoms with Crippen molar-refractivity contribution < 1.29 is 18.7 Å². The van der Waals surface area contributed by atoms with Gasteiger partial charge in [0.1, 0.15) is 5.82 Å². The number of carbonyl (C=O) groups excluding carboxylic acids is 2. The van der Waals surface area contributed by atoms with Gasteiger partial charge in [0.2, 0.25) is 5.91 Å². The topological polar surface area (TPSA) is 73.2 Å². The first-order valence-electron chi connectivity index (χ1n) is 9.39. The van der Waals surface area contributed by atoms with E-state index in [1.54, 1.807) is 23.7 Å². The molecule has 29 heavy (non-hydrogen) atoms. The van der Waals surface area contributed by atoms with E-state index in [0.29, 0.717) is 12.3 Å². The molecule has 0 radical (unpaired) electrons. The molecule has 3 rings (SSSR count). The van der Waals surface area contributed by atoms with Gasteiger partial charge < -0.3 is 10.1 Å². The minimum absolute atomic E-state index is 0.0355. The Morgan fingerprint density at radius 3 is 2.48 bits per heavy atom. The number of amides is 1. The first-order valence-corrected chi connectivity index (χ1v) is 9.39. The number of aromatic nitrogens is 2. The van der Waals surface area contributed by atoms with Crippen LogP contribution in [0.5, 0.6) is 0 Å². The molecule has 0 aliphatic carbocycles. The lowest BCUT2D eigenvalue weighted by atomic mass is 10.1. The summed E-state index contributed by atoms with van der Waals surface area (Å²) in [4.78, 5) is 23.5. The van der Waals surface area contributed by atoms with Crippen LogP contribution >= 0.6 is 0 Å². The summed E-state index contributed by atoms with van der Waals surface area (Å²) in [6.07, 6.45) is 1.92. The highest BCUT2D eigenvalue weighted by Gasteiger charge is 2.14. The molecule has 1 N–H and O–H groups in total. The number of ether oxygens (including phenoxy) is 1. The number of carbonyl (C=O) groups is 2. The molecule has 1 aromatic heterocycles. The Morgan fingerprint density at radius 1 is 1.07 bits per heavy atom. The lowest BCUT2D eigenvalue weighted by Gasteiger charge is -2.06. The van der Waals surface area contributed by atoms with Crippen LogP contribution in [0.3, 0.4) is 0 Å². The van der Waals surface area contributed by atoms with E-state index in [1.165, 1.54) is 12.1 Å². The first-order chi connectivity index (χ1) is 14.1. The maximum Gasteiger partial charge on any atom is 0.306 e. The van der Waals surface area contributed by atoms with Crippen molar-refractivity contribution in [3.05, 3.63) is 72.2 Å². The number of para-hydroxylation sites is 1. The molecule has 0 bridgehead atoms. The molecule has 0 fully saturated rings. The molecule has 0 aliphatic rings. The van der Waals surface area contributed by atoms with E-state index in [-0.39, 0.29) is 31.1 Å². The minimum atomic E-state index is -0.397. The summed E-state index contributed by atoms with van der Waals surface area (Å²) in [7, 11) is 0. The third-order valence-electron chi connectivity index (χ3n) is 4.27. The fourth-order valence-corrected chi connectivity index (χ4v) is 2.83. The van der Waals surface area contributed by atoms with E-state index >= 15 is 0 Å². The van der Waals surface area contributed by atoms with Crippen LogP contribution in [0, 0.1) is 5.82 Å². The molecule has 0 aliphatic heterocycles. The van der Waals surface area contributed by atoms with E-state index in [2.05, 4.69) is 10.4 Å². The van der Waals surface area contributed by atoms with Crippen molar-refractivity contribution >= 4 is 11.9 Å². The third kappa shape index (κ3) is 5.51. The molecule has 2 aromatic carbocycles. The molecule has 0 atom stereocenters. The van der Waals surface area contributed by atoms with E-state index in [1.807, 2.05) is 36.5 Å². The van der Waals surface area contributed by atoms with Crippen LogP contribution < -0.4 is 5.32 Å². The van der Waals surface area contributed by atoms with Gasteiger partial charge in [-0.1, -0.05) is 18.2 Å². The number of nitrogens with one attached hydrogen (secondary N) is 1. The van der Waals surface area contributed by atoms with Crippen molar-refractivity contribution in [3.63, 3.8) is 0 Å². The van der Waals surface area contributed by atoms with Gasteiger partial charge in [-0.15, -0.1) is 0 Å². The number of nitrogens with zero attached hydrogens (tertiary/aromatic N) is 2. The standard InChI is InChI=1S/C22H22FN3O3/c1-2-29-21(28)13-12-20(27)24-14-17-15-26(19-6-4-3-5-7-19)25-22(17)16-8-10-18(23)11-9-16/h3-11,15H,2,12-14H2,1H3,(H,24,27). The van der Waals surface area contributed by atoms with Crippen LogP contribution in [0.25, 0.3) is 16.9 Å². The zero-order chi connectivity index (χ0) is 20.6. The summed E-state index contributed by atoms with van der Waals surface area (Å²) < 4.78 is 19.9. The predicted molar refractivity (Wildman–Crippen MR) is 107 cm³/mol. The van der Waals surface area contributed by atoms with Crippen LogP contribution in [0.4, 0.5) is 4.39 Å². The maximum absolute atomic E-state index is 13.3. The molecular weight excluding hydrogens is 373 g/mol. The van der Waals surface area contributed by atoms with Crippen LogP contribution in [0.1, 0.15) is 25.3 Å². The zero-order valence-corrected chi connectivity index (χ0v) is 16.1. The Hall–Kier alpha value is -3.48. The second-order valence-electron chi connectivity index (χ2n) is 6.37.